The van der Waals surface area contributed by atoms with Crippen molar-refractivity contribution in [2.45, 2.75) is 51.8 Å². The van der Waals surface area contributed by atoms with E-state index in [1.54, 1.807) is 0 Å². The Morgan fingerprint density at radius 2 is 2.00 bits per heavy atom. The average Bonchev–Trinajstić information content (AvgIpc) is 3.29. The van der Waals surface area contributed by atoms with Crippen molar-refractivity contribution in [3.05, 3.63) is 28.7 Å². The standard InChI is InChI=1S/C21H31BrN4O.HI/c1-4-23-20(25-18-17-10-12-27-19(17)21(18,2)3)24-15-9-11-26(13-15)16-7-5-14(22)6-8-16;/h5-8,15,17-19H,4,9-13H2,1-3H3,(H2,23,24,25);1H. The van der Waals surface area contributed by atoms with Gasteiger partial charge in [0.1, 0.15) is 0 Å². The molecule has 28 heavy (non-hydrogen) atoms. The molecule has 0 aromatic heterocycles. The molecule has 1 saturated carbocycles. The maximum absolute atomic E-state index is 5.93. The van der Waals surface area contributed by atoms with Crippen LogP contribution in [0.1, 0.15) is 33.6 Å². The summed E-state index contributed by atoms with van der Waals surface area (Å²) in [5, 5.41) is 7.43. The number of nitrogens with one attached hydrogen (secondary N) is 2. The number of guanidine groups is 1. The van der Waals surface area contributed by atoms with Gasteiger partial charge >= 0.3 is 0 Å². The quantitative estimate of drug-likeness (QED) is 0.331. The number of aliphatic imine (C=N–C) groups is 1. The third-order valence-electron chi connectivity index (χ3n) is 6.43. The Bertz CT molecular complexity index is 696. The van der Waals surface area contributed by atoms with E-state index in [0.29, 0.717) is 24.1 Å². The highest BCUT2D eigenvalue weighted by Crippen LogP contribution is 2.52. The van der Waals surface area contributed by atoms with E-state index in [9.17, 15) is 0 Å². The molecule has 2 heterocycles. The Labute approximate surface area is 194 Å². The highest BCUT2D eigenvalue weighted by Gasteiger charge is 2.59. The molecule has 2 N–H and O–H groups in total. The van der Waals surface area contributed by atoms with E-state index in [1.807, 2.05) is 0 Å². The maximum Gasteiger partial charge on any atom is 0.191 e. The molecule has 4 unspecified atom stereocenters. The van der Waals surface area contributed by atoms with Crippen LogP contribution in [0, 0.1) is 11.3 Å². The normalized spacial score (nSPS) is 31.0. The van der Waals surface area contributed by atoms with Crippen molar-refractivity contribution in [3.8, 4) is 0 Å². The fourth-order valence-electron chi connectivity index (χ4n) is 5.01. The second kappa shape index (κ2) is 9.08. The summed E-state index contributed by atoms with van der Waals surface area (Å²) in [5.41, 5.74) is 1.45. The van der Waals surface area contributed by atoms with Gasteiger partial charge in [-0.15, -0.1) is 24.0 Å². The summed E-state index contributed by atoms with van der Waals surface area (Å²) >= 11 is 3.52. The van der Waals surface area contributed by atoms with Crippen molar-refractivity contribution in [1.82, 2.24) is 10.6 Å². The summed E-state index contributed by atoms with van der Waals surface area (Å²) in [4.78, 5) is 7.17. The van der Waals surface area contributed by atoms with Gasteiger partial charge in [-0.3, -0.25) is 4.99 Å². The fourth-order valence-corrected chi connectivity index (χ4v) is 5.28. The van der Waals surface area contributed by atoms with Crippen LogP contribution >= 0.6 is 39.9 Å². The number of anilines is 1. The van der Waals surface area contributed by atoms with Gasteiger partial charge in [0.25, 0.3) is 0 Å². The smallest absolute Gasteiger partial charge is 0.191 e. The zero-order valence-electron chi connectivity index (χ0n) is 17.0. The molecule has 156 valence electrons. The molecule has 2 aliphatic heterocycles. The zero-order chi connectivity index (χ0) is 19.0. The van der Waals surface area contributed by atoms with E-state index < -0.39 is 0 Å². The van der Waals surface area contributed by atoms with E-state index in [0.717, 1.165) is 49.5 Å². The number of rotatable bonds is 4. The van der Waals surface area contributed by atoms with Gasteiger partial charge in [-0.25, -0.2) is 0 Å². The Morgan fingerprint density at radius 3 is 2.71 bits per heavy atom. The molecule has 0 radical (unpaired) electrons. The van der Waals surface area contributed by atoms with Gasteiger partial charge in [-0.1, -0.05) is 29.8 Å². The fraction of sp³-hybridized carbons (Fsp3) is 0.667. The average molecular weight is 563 g/mol. The maximum atomic E-state index is 5.93. The number of hydrogen-bond acceptors (Lipinski definition) is 3. The van der Waals surface area contributed by atoms with Crippen LogP contribution < -0.4 is 15.5 Å². The van der Waals surface area contributed by atoms with Crippen LogP contribution in [0.2, 0.25) is 0 Å². The van der Waals surface area contributed by atoms with E-state index in [4.69, 9.17) is 9.73 Å². The summed E-state index contributed by atoms with van der Waals surface area (Å²) < 4.78 is 7.06. The van der Waals surface area contributed by atoms with Gasteiger partial charge in [-0.2, -0.15) is 0 Å². The zero-order valence-corrected chi connectivity index (χ0v) is 20.9. The number of ether oxygens (including phenoxy) is 1. The lowest BCUT2D eigenvalue weighted by molar-refractivity contribution is -0.106. The molecule has 7 heteroatoms. The molecule has 3 aliphatic rings. The SMILES string of the molecule is CCN=C(NC1CCN(c2ccc(Br)cc2)C1)NC1C2CCOC2C1(C)C.I. The number of hydrogen-bond donors (Lipinski definition) is 2. The Hall–Kier alpha value is -0.540. The molecule has 3 fully saturated rings. The molecule has 0 spiro atoms. The van der Waals surface area contributed by atoms with Crippen molar-refractivity contribution in [2.24, 2.45) is 16.3 Å². The summed E-state index contributed by atoms with van der Waals surface area (Å²) in [6.07, 6.45) is 2.69. The van der Waals surface area contributed by atoms with E-state index in [1.165, 1.54) is 5.69 Å². The summed E-state index contributed by atoms with van der Waals surface area (Å²) in [6, 6.07) is 9.45. The highest BCUT2D eigenvalue weighted by molar-refractivity contribution is 14.0. The third kappa shape index (κ3) is 4.31. The van der Waals surface area contributed by atoms with Crippen molar-refractivity contribution in [1.29, 1.82) is 0 Å². The van der Waals surface area contributed by atoms with Crippen LogP contribution in [0.4, 0.5) is 5.69 Å². The minimum absolute atomic E-state index is 0. The second-order valence-electron chi connectivity index (χ2n) is 8.56. The van der Waals surface area contributed by atoms with Crippen LogP contribution in [0.15, 0.2) is 33.7 Å². The van der Waals surface area contributed by atoms with Crippen molar-refractivity contribution in [3.63, 3.8) is 0 Å². The van der Waals surface area contributed by atoms with Crippen molar-refractivity contribution in [2.75, 3.05) is 31.1 Å². The van der Waals surface area contributed by atoms with Crippen LogP contribution in [-0.4, -0.2) is 50.4 Å². The predicted molar refractivity (Wildman–Crippen MR) is 130 cm³/mol. The Morgan fingerprint density at radius 1 is 1.25 bits per heavy atom. The lowest BCUT2D eigenvalue weighted by atomic mass is 9.57. The van der Waals surface area contributed by atoms with Gasteiger partial charge < -0.3 is 20.3 Å². The predicted octanol–water partition coefficient (Wildman–Crippen LogP) is 4.01. The van der Waals surface area contributed by atoms with Gasteiger partial charge in [0.05, 0.1) is 6.10 Å². The Kier molecular flexibility index (Phi) is 7.18. The van der Waals surface area contributed by atoms with Crippen molar-refractivity contribution >= 4 is 51.6 Å². The number of halogens is 2. The van der Waals surface area contributed by atoms with Crippen molar-refractivity contribution < 1.29 is 4.74 Å². The first-order valence-corrected chi connectivity index (χ1v) is 11.0. The first-order chi connectivity index (χ1) is 13.0. The molecule has 1 aromatic rings. The first kappa shape index (κ1) is 22.2. The lowest BCUT2D eigenvalue weighted by Crippen LogP contribution is -2.68. The molecule has 0 bridgehead atoms. The molecular formula is C21H32BrIN4O. The summed E-state index contributed by atoms with van der Waals surface area (Å²) in [7, 11) is 0. The van der Waals surface area contributed by atoms with Crippen LogP contribution in [-0.2, 0) is 4.74 Å². The number of fused-ring (bicyclic) bond motifs is 1. The summed E-state index contributed by atoms with van der Waals surface area (Å²) in [6.45, 7) is 10.5. The Balaban J connectivity index is 0.00000225. The van der Waals surface area contributed by atoms with Crippen LogP contribution in [0.3, 0.4) is 0 Å². The molecule has 2 saturated heterocycles. The van der Waals surface area contributed by atoms with E-state index in [-0.39, 0.29) is 29.4 Å². The highest BCUT2D eigenvalue weighted by atomic mass is 127. The molecule has 4 rings (SSSR count). The van der Waals surface area contributed by atoms with Gasteiger partial charge in [0.2, 0.25) is 0 Å². The van der Waals surface area contributed by atoms with Gasteiger partial charge in [0.15, 0.2) is 5.96 Å². The lowest BCUT2D eigenvalue weighted by Gasteiger charge is -2.55. The first-order valence-electron chi connectivity index (χ1n) is 10.2. The largest absolute Gasteiger partial charge is 0.377 e. The van der Waals surface area contributed by atoms with E-state index >= 15 is 0 Å². The minimum Gasteiger partial charge on any atom is -0.377 e. The molecule has 5 nitrogen and oxygen atoms in total. The van der Waals surface area contributed by atoms with Crippen LogP contribution in [0.25, 0.3) is 0 Å². The molecule has 1 aliphatic carbocycles. The second-order valence-corrected chi connectivity index (χ2v) is 9.48. The van der Waals surface area contributed by atoms with Crippen LogP contribution in [0.5, 0.6) is 0 Å². The number of nitrogens with zero attached hydrogens (tertiary/aromatic N) is 2. The summed E-state index contributed by atoms with van der Waals surface area (Å²) in [5.74, 6) is 1.58. The van der Waals surface area contributed by atoms with Gasteiger partial charge in [0, 0.05) is 59.8 Å². The molecular weight excluding hydrogens is 531 g/mol. The van der Waals surface area contributed by atoms with E-state index in [2.05, 4.69) is 76.5 Å². The molecule has 4 atom stereocenters. The minimum atomic E-state index is 0. The molecule has 0 amide bonds. The van der Waals surface area contributed by atoms with Gasteiger partial charge in [-0.05, 0) is 44.0 Å². The molecule has 1 aromatic carbocycles. The number of benzene rings is 1. The monoisotopic (exact) mass is 562 g/mol. The third-order valence-corrected chi connectivity index (χ3v) is 6.96. The topological polar surface area (TPSA) is 48.9 Å².